The van der Waals surface area contributed by atoms with Gasteiger partial charge in [-0.2, -0.15) is 0 Å². The van der Waals surface area contributed by atoms with Crippen molar-refractivity contribution in [3.05, 3.63) is 52.5 Å². The number of ether oxygens (including phenoxy) is 1. The van der Waals surface area contributed by atoms with Gasteiger partial charge in [-0.05, 0) is 35.0 Å². The third kappa shape index (κ3) is 3.03. The summed E-state index contributed by atoms with van der Waals surface area (Å²) in [5.41, 5.74) is 1.22. The van der Waals surface area contributed by atoms with Gasteiger partial charge in [-0.15, -0.1) is 0 Å². The molecule has 0 saturated carbocycles. The van der Waals surface area contributed by atoms with Crippen molar-refractivity contribution < 1.29 is 4.74 Å². The van der Waals surface area contributed by atoms with Crippen LogP contribution in [-0.2, 0) is 6.61 Å². The topological polar surface area (TPSA) is 35.0 Å². The lowest BCUT2D eigenvalue weighted by molar-refractivity contribution is 0.295. The van der Waals surface area contributed by atoms with Crippen LogP contribution in [0.5, 0.6) is 5.75 Å². The Bertz CT molecular complexity index is 408. The van der Waals surface area contributed by atoms with Crippen LogP contribution in [0.4, 0.5) is 0 Å². The lowest BCUT2D eigenvalue weighted by Gasteiger charge is -2.05. The Labute approximate surface area is 103 Å². The molecule has 0 bridgehead atoms. The number of hydrogen-bond acceptors (Lipinski definition) is 3. The van der Waals surface area contributed by atoms with E-state index in [4.69, 9.17) is 4.74 Å². The highest BCUT2D eigenvalue weighted by atomic mass is 79.9. The highest BCUT2D eigenvalue weighted by Crippen LogP contribution is 2.13. The quantitative estimate of drug-likeness (QED) is 0.865. The van der Waals surface area contributed by atoms with Crippen LogP contribution in [0.1, 0.15) is 11.4 Å². The third-order valence-electron chi connectivity index (χ3n) is 2.06. The molecule has 82 valence electrons. The predicted octanol–water partition coefficient (Wildman–Crippen LogP) is 3.13. The Hall–Kier alpha value is -1.42. The zero-order valence-corrected chi connectivity index (χ0v) is 10.4. The molecule has 0 N–H and O–H groups in total. The van der Waals surface area contributed by atoms with Crippen LogP contribution in [-0.4, -0.2) is 9.97 Å². The second kappa shape index (κ2) is 5.07. The summed E-state index contributed by atoms with van der Waals surface area (Å²) >= 11 is 3.28. The third-order valence-corrected chi connectivity index (χ3v) is 2.47. The zero-order valence-electron chi connectivity index (χ0n) is 8.85. The summed E-state index contributed by atoms with van der Waals surface area (Å²) in [6.45, 7) is 2.43. The van der Waals surface area contributed by atoms with E-state index in [1.807, 2.05) is 31.2 Å². The van der Waals surface area contributed by atoms with E-state index in [0.717, 1.165) is 10.2 Å². The van der Waals surface area contributed by atoms with Gasteiger partial charge in [-0.3, -0.25) is 0 Å². The summed E-state index contributed by atoms with van der Waals surface area (Å²) in [6, 6.07) is 7.90. The van der Waals surface area contributed by atoms with E-state index in [1.54, 1.807) is 12.4 Å². The Morgan fingerprint density at radius 3 is 2.38 bits per heavy atom. The summed E-state index contributed by atoms with van der Waals surface area (Å²) in [4.78, 5) is 8.26. The molecule has 3 nitrogen and oxygen atoms in total. The Morgan fingerprint density at radius 2 is 1.75 bits per heavy atom. The van der Waals surface area contributed by atoms with Gasteiger partial charge in [-0.1, -0.05) is 17.7 Å². The first kappa shape index (κ1) is 11.1. The van der Waals surface area contributed by atoms with Gasteiger partial charge in [0.1, 0.15) is 12.4 Å². The molecule has 0 aliphatic heterocycles. The molecule has 1 aromatic carbocycles. The molecular formula is C12H11BrN2O. The van der Waals surface area contributed by atoms with E-state index in [9.17, 15) is 0 Å². The second-order valence-corrected chi connectivity index (χ2v) is 4.33. The number of aromatic nitrogens is 2. The molecule has 0 fully saturated rings. The molecule has 0 aliphatic rings. The first-order valence-electron chi connectivity index (χ1n) is 4.90. The van der Waals surface area contributed by atoms with Gasteiger partial charge >= 0.3 is 0 Å². The van der Waals surface area contributed by atoms with Gasteiger partial charge in [0.15, 0.2) is 5.82 Å². The largest absolute Gasteiger partial charge is 0.486 e. The smallest absolute Gasteiger partial charge is 0.166 e. The number of aryl methyl sites for hydroxylation is 1. The maximum Gasteiger partial charge on any atom is 0.166 e. The van der Waals surface area contributed by atoms with Crippen LogP contribution >= 0.6 is 15.9 Å². The van der Waals surface area contributed by atoms with Crippen LogP contribution < -0.4 is 4.74 Å². The lowest BCUT2D eigenvalue weighted by atomic mass is 10.2. The summed E-state index contributed by atoms with van der Waals surface area (Å²) in [5.74, 6) is 1.50. The summed E-state index contributed by atoms with van der Waals surface area (Å²) in [5, 5.41) is 0. The minimum absolute atomic E-state index is 0.385. The second-order valence-electron chi connectivity index (χ2n) is 3.42. The molecule has 0 spiro atoms. The van der Waals surface area contributed by atoms with Crippen molar-refractivity contribution in [2.45, 2.75) is 13.5 Å². The molecular weight excluding hydrogens is 268 g/mol. The first-order valence-corrected chi connectivity index (χ1v) is 5.69. The highest BCUT2D eigenvalue weighted by molar-refractivity contribution is 9.10. The van der Waals surface area contributed by atoms with E-state index >= 15 is 0 Å². The Morgan fingerprint density at radius 1 is 1.12 bits per heavy atom. The summed E-state index contributed by atoms with van der Waals surface area (Å²) in [6.07, 6.45) is 3.42. The van der Waals surface area contributed by atoms with Crippen LogP contribution in [0.15, 0.2) is 41.1 Å². The van der Waals surface area contributed by atoms with Crippen LogP contribution in [0, 0.1) is 6.92 Å². The Balaban J connectivity index is 1.97. The average molecular weight is 279 g/mol. The van der Waals surface area contributed by atoms with Crippen LogP contribution in [0.3, 0.4) is 0 Å². The zero-order chi connectivity index (χ0) is 11.4. The minimum atomic E-state index is 0.385. The van der Waals surface area contributed by atoms with Crippen molar-refractivity contribution in [3.63, 3.8) is 0 Å². The van der Waals surface area contributed by atoms with Crippen molar-refractivity contribution in [3.8, 4) is 5.75 Å². The summed E-state index contributed by atoms with van der Waals surface area (Å²) in [7, 11) is 0. The van der Waals surface area contributed by atoms with Crippen LogP contribution in [0.2, 0.25) is 0 Å². The molecule has 0 amide bonds. The van der Waals surface area contributed by atoms with Crippen molar-refractivity contribution in [2.24, 2.45) is 0 Å². The fourth-order valence-electron chi connectivity index (χ4n) is 1.20. The van der Waals surface area contributed by atoms with Gasteiger partial charge in [0.25, 0.3) is 0 Å². The van der Waals surface area contributed by atoms with E-state index in [2.05, 4.69) is 25.9 Å². The molecule has 0 atom stereocenters. The SMILES string of the molecule is Cc1ccc(OCc2ncc(Br)cn2)cc1. The normalized spacial score (nSPS) is 10.1. The molecule has 1 heterocycles. The fraction of sp³-hybridized carbons (Fsp3) is 0.167. The van der Waals surface area contributed by atoms with Gasteiger partial charge in [0, 0.05) is 12.4 Å². The number of nitrogens with zero attached hydrogens (tertiary/aromatic N) is 2. The number of benzene rings is 1. The molecule has 2 aromatic rings. The van der Waals surface area contributed by atoms with Crippen molar-refractivity contribution in [1.82, 2.24) is 9.97 Å². The maximum atomic E-state index is 5.55. The predicted molar refractivity (Wildman–Crippen MR) is 65.2 cm³/mol. The van der Waals surface area contributed by atoms with Gasteiger partial charge in [0.05, 0.1) is 4.47 Å². The van der Waals surface area contributed by atoms with Crippen LogP contribution in [0.25, 0.3) is 0 Å². The van der Waals surface area contributed by atoms with E-state index in [1.165, 1.54) is 5.56 Å². The maximum absolute atomic E-state index is 5.55. The molecule has 0 saturated heterocycles. The Kier molecular flexibility index (Phi) is 3.51. The molecule has 2 rings (SSSR count). The fourth-order valence-corrected chi connectivity index (χ4v) is 1.40. The minimum Gasteiger partial charge on any atom is -0.486 e. The van der Waals surface area contributed by atoms with Gasteiger partial charge < -0.3 is 4.74 Å². The van der Waals surface area contributed by atoms with E-state index < -0.39 is 0 Å². The average Bonchev–Trinajstić information content (AvgIpc) is 2.30. The van der Waals surface area contributed by atoms with Crippen molar-refractivity contribution >= 4 is 15.9 Å². The van der Waals surface area contributed by atoms with Gasteiger partial charge in [-0.25, -0.2) is 9.97 Å². The lowest BCUT2D eigenvalue weighted by Crippen LogP contribution is -2.00. The molecule has 0 radical (unpaired) electrons. The number of halogens is 1. The standard InChI is InChI=1S/C12H11BrN2O/c1-9-2-4-11(5-3-9)16-8-12-14-6-10(13)7-15-12/h2-7H,8H2,1H3. The molecule has 0 aliphatic carbocycles. The van der Waals surface area contributed by atoms with E-state index in [-0.39, 0.29) is 0 Å². The molecule has 4 heteroatoms. The van der Waals surface area contributed by atoms with Crippen molar-refractivity contribution in [1.29, 1.82) is 0 Å². The monoisotopic (exact) mass is 278 g/mol. The number of rotatable bonds is 3. The highest BCUT2D eigenvalue weighted by Gasteiger charge is 1.98. The van der Waals surface area contributed by atoms with E-state index in [0.29, 0.717) is 12.4 Å². The van der Waals surface area contributed by atoms with Crippen molar-refractivity contribution in [2.75, 3.05) is 0 Å². The first-order chi connectivity index (χ1) is 7.74. The summed E-state index contributed by atoms with van der Waals surface area (Å²) < 4.78 is 6.41. The van der Waals surface area contributed by atoms with Gasteiger partial charge in [0.2, 0.25) is 0 Å². The molecule has 0 unspecified atom stereocenters. The molecule has 1 aromatic heterocycles. The number of hydrogen-bond donors (Lipinski definition) is 0. The molecule has 16 heavy (non-hydrogen) atoms.